The number of ether oxygens (including phenoxy) is 2. The maximum absolute atomic E-state index is 12.2. The summed E-state index contributed by atoms with van der Waals surface area (Å²) in [7, 11) is 1.55. The molecule has 0 radical (unpaired) electrons. The fraction of sp³-hybridized carbons (Fsp3) is 0.207. The van der Waals surface area contributed by atoms with Gasteiger partial charge in [0.05, 0.1) is 12.2 Å². The quantitative estimate of drug-likeness (QED) is 0.226. The second-order valence-corrected chi connectivity index (χ2v) is 9.93. The topological polar surface area (TPSA) is 108 Å². The summed E-state index contributed by atoms with van der Waals surface area (Å²) < 4.78 is 11.5. The van der Waals surface area contributed by atoms with Crippen LogP contribution in [0.25, 0.3) is 5.76 Å². The largest absolute Gasteiger partial charge is 0.505 e. The summed E-state index contributed by atoms with van der Waals surface area (Å²) in [5.41, 5.74) is 2.78. The van der Waals surface area contributed by atoms with Gasteiger partial charge in [0.25, 0.3) is 5.91 Å². The van der Waals surface area contributed by atoms with Crippen LogP contribution in [0.4, 0.5) is 0 Å². The molecule has 3 aromatic carbocycles. The minimum Gasteiger partial charge on any atom is -0.505 e. The third-order valence-corrected chi connectivity index (χ3v) is 7.44. The molecule has 0 aromatic heterocycles. The Morgan fingerprint density at radius 2 is 1.79 bits per heavy atom. The summed E-state index contributed by atoms with van der Waals surface area (Å²) in [6.45, 7) is 2.51. The number of benzene rings is 3. The first-order chi connectivity index (χ1) is 18.3. The lowest BCUT2D eigenvalue weighted by Crippen LogP contribution is -2.25. The summed E-state index contributed by atoms with van der Waals surface area (Å²) in [4.78, 5) is 12.9. The normalized spacial score (nSPS) is 15.3. The molecule has 0 aliphatic carbocycles. The van der Waals surface area contributed by atoms with Crippen molar-refractivity contribution in [2.24, 2.45) is 0 Å². The number of aliphatic hydroxyl groups excluding tert-OH is 3. The zero-order chi connectivity index (χ0) is 27.2. The summed E-state index contributed by atoms with van der Waals surface area (Å²) >= 11 is 7.76. The van der Waals surface area contributed by atoms with Crippen molar-refractivity contribution >= 4 is 35.0 Å². The van der Waals surface area contributed by atoms with E-state index < -0.39 is 23.4 Å². The maximum atomic E-state index is 12.2. The third-order valence-electron chi connectivity index (χ3n) is 5.93. The van der Waals surface area contributed by atoms with Crippen LogP contribution < -0.4 is 10.1 Å². The molecule has 1 aliphatic rings. The number of amides is 1. The van der Waals surface area contributed by atoms with Crippen LogP contribution in [0.15, 0.2) is 88.9 Å². The van der Waals surface area contributed by atoms with Gasteiger partial charge in [0.1, 0.15) is 5.75 Å². The number of aliphatic hydroxyl groups is 3. The van der Waals surface area contributed by atoms with E-state index in [1.165, 1.54) is 11.8 Å². The van der Waals surface area contributed by atoms with Crippen molar-refractivity contribution in [3.63, 3.8) is 0 Å². The third kappa shape index (κ3) is 6.03. The molecule has 1 heterocycles. The van der Waals surface area contributed by atoms with Crippen LogP contribution in [0.3, 0.4) is 0 Å². The predicted octanol–water partition coefficient (Wildman–Crippen LogP) is 6.43. The van der Waals surface area contributed by atoms with E-state index in [1.54, 1.807) is 49.5 Å². The second kappa shape index (κ2) is 12.2. The number of rotatable bonds is 9. The molecule has 0 spiro atoms. The molecular formula is C29H28ClNO6S. The Bertz CT molecular complexity index is 1390. The fourth-order valence-corrected chi connectivity index (χ4v) is 5.21. The molecule has 38 heavy (non-hydrogen) atoms. The molecule has 4 rings (SSSR count). The monoisotopic (exact) mass is 553 g/mol. The molecule has 7 nitrogen and oxygen atoms in total. The van der Waals surface area contributed by atoms with E-state index in [1.807, 2.05) is 31.2 Å². The number of hydrogen-bond donors (Lipinski definition) is 4. The van der Waals surface area contributed by atoms with E-state index in [9.17, 15) is 20.1 Å². The number of carbonyl (C=O) groups excluding carboxylic acids is 1. The van der Waals surface area contributed by atoms with Crippen LogP contribution in [0, 0.1) is 0 Å². The molecule has 9 heteroatoms. The lowest BCUT2D eigenvalue weighted by molar-refractivity contribution is 0.0960. The second-order valence-electron chi connectivity index (χ2n) is 8.46. The van der Waals surface area contributed by atoms with Gasteiger partial charge in [0.15, 0.2) is 17.6 Å². The van der Waals surface area contributed by atoms with E-state index >= 15 is 0 Å². The summed E-state index contributed by atoms with van der Waals surface area (Å²) in [5, 5.41) is 34.8. The number of carbonyl (C=O) groups is 1. The first kappa shape index (κ1) is 27.3. The van der Waals surface area contributed by atoms with E-state index in [-0.39, 0.29) is 17.4 Å². The SMILES string of the molecule is CCOc1ccc(Cc2cc(C3=C(O)C(O)=C(O)[C@@H](CSc4ccccc4C(=O)NC)O3)ccc2Cl)cc1. The summed E-state index contributed by atoms with van der Waals surface area (Å²) in [6, 6.07) is 19.9. The van der Waals surface area contributed by atoms with Crippen molar-refractivity contribution < 1.29 is 29.6 Å². The smallest absolute Gasteiger partial charge is 0.252 e. The number of halogens is 1. The van der Waals surface area contributed by atoms with E-state index in [0.29, 0.717) is 34.1 Å². The van der Waals surface area contributed by atoms with Gasteiger partial charge >= 0.3 is 0 Å². The van der Waals surface area contributed by atoms with E-state index in [0.717, 1.165) is 16.9 Å². The lowest BCUT2D eigenvalue weighted by Gasteiger charge is -2.26. The highest BCUT2D eigenvalue weighted by Crippen LogP contribution is 2.36. The Labute approximate surface area is 230 Å². The van der Waals surface area contributed by atoms with Crippen molar-refractivity contribution in [1.29, 1.82) is 0 Å². The number of hydrogen-bond acceptors (Lipinski definition) is 7. The van der Waals surface area contributed by atoms with Crippen molar-refractivity contribution in [3.8, 4) is 5.75 Å². The van der Waals surface area contributed by atoms with Crippen LogP contribution in [0.2, 0.25) is 5.02 Å². The molecule has 1 atom stereocenters. The number of thioether (sulfide) groups is 1. The molecule has 0 saturated carbocycles. The molecule has 3 aromatic rings. The zero-order valence-corrected chi connectivity index (χ0v) is 22.5. The molecule has 1 amide bonds. The minimum atomic E-state index is -0.964. The van der Waals surface area contributed by atoms with Crippen molar-refractivity contribution in [1.82, 2.24) is 5.32 Å². The van der Waals surface area contributed by atoms with Gasteiger partial charge in [0, 0.05) is 28.3 Å². The van der Waals surface area contributed by atoms with Gasteiger partial charge < -0.3 is 30.1 Å². The van der Waals surface area contributed by atoms with Crippen LogP contribution in [-0.2, 0) is 11.2 Å². The lowest BCUT2D eigenvalue weighted by atomic mass is 10.0. The Kier molecular flexibility index (Phi) is 8.76. The standard InChI is InChI=1S/C29H28ClNO6S/c1-3-36-20-11-8-17(9-12-20)14-19-15-18(10-13-22(19)30)28-27(34)26(33)25(32)23(37-28)16-38-24-7-5-4-6-21(24)29(35)31-2/h4-13,15,23,32-34H,3,14,16H2,1-2H3,(H,31,35)/t23-/m1/s1. The molecule has 0 saturated heterocycles. The van der Waals surface area contributed by atoms with Crippen molar-refractivity contribution in [2.45, 2.75) is 24.3 Å². The van der Waals surface area contributed by atoms with Gasteiger partial charge in [-0.2, -0.15) is 0 Å². The molecular weight excluding hydrogens is 526 g/mol. The Balaban J connectivity index is 1.56. The van der Waals surface area contributed by atoms with Gasteiger partial charge in [-0.05, 0) is 66.9 Å². The highest BCUT2D eigenvalue weighted by atomic mass is 35.5. The zero-order valence-electron chi connectivity index (χ0n) is 20.9. The molecule has 198 valence electrons. The molecule has 0 unspecified atom stereocenters. The van der Waals surface area contributed by atoms with Gasteiger partial charge in [-0.25, -0.2) is 0 Å². The van der Waals surface area contributed by atoms with Crippen LogP contribution in [-0.4, -0.2) is 46.7 Å². The highest BCUT2D eigenvalue weighted by molar-refractivity contribution is 7.99. The molecule has 0 fully saturated rings. The summed E-state index contributed by atoms with van der Waals surface area (Å²) in [6.07, 6.45) is -0.440. The van der Waals surface area contributed by atoms with Crippen LogP contribution in [0.5, 0.6) is 5.75 Å². The molecule has 4 N–H and O–H groups in total. The minimum absolute atomic E-state index is 0.0232. The Hall–Kier alpha value is -3.75. The van der Waals surface area contributed by atoms with Crippen LogP contribution >= 0.6 is 23.4 Å². The maximum Gasteiger partial charge on any atom is 0.252 e. The average Bonchev–Trinajstić information content (AvgIpc) is 2.93. The Morgan fingerprint density at radius 3 is 2.50 bits per heavy atom. The first-order valence-corrected chi connectivity index (χ1v) is 13.4. The van der Waals surface area contributed by atoms with E-state index in [4.69, 9.17) is 21.1 Å². The molecule has 1 aliphatic heterocycles. The predicted molar refractivity (Wildman–Crippen MR) is 149 cm³/mol. The van der Waals surface area contributed by atoms with Crippen molar-refractivity contribution in [2.75, 3.05) is 19.4 Å². The van der Waals surface area contributed by atoms with Gasteiger partial charge in [-0.15, -0.1) is 11.8 Å². The van der Waals surface area contributed by atoms with Gasteiger partial charge in [-0.1, -0.05) is 35.9 Å². The first-order valence-electron chi connectivity index (χ1n) is 12.0. The fourth-order valence-electron chi connectivity index (χ4n) is 3.97. The van der Waals surface area contributed by atoms with Crippen molar-refractivity contribution in [3.05, 3.63) is 111 Å². The number of nitrogens with one attached hydrogen (secondary N) is 1. The van der Waals surface area contributed by atoms with Gasteiger partial charge in [0.2, 0.25) is 11.5 Å². The highest BCUT2D eigenvalue weighted by Gasteiger charge is 2.32. The average molecular weight is 554 g/mol. The summed E-state index contributed by atoms with van der Waals surface area (Å²) in [5.74, 6) is -0.962. The molecule has 0 bridgehead atoms. The van der Waals surface area contributed by atoms with E-state index in [2.05, 4.69) is 5.32 Å². The Morgan fingerprint density at radius 1 is 1.05 bits per heavy atom. The van der Waals surface area contributed by atoms with Gasteiger partial charge in [-0.3, -0.25) is 4.79 Å². The van der Waals surface area contributed by atoms with Crippen LogP contribution in [0.1, 0.15) is 34.0 Å².